The van der Waals surface area contributed by atoms with Crippen LogP contribution >= 0.6 is 24.0 Å². The zero-order valence-electron chi connectivity index (χ0n) is 11.7. The van der Waals surface area contributed by atoms with Gasteiger partial charge in [0.2, 0.25) is 0 Å². The van der Waals surface area contributed by atoms with Crippen molar-refractivity contribution < 1.29 is 9.59 Å². The number of carbonyl (C=O) groups is 2. The first kappa shape index (κ1) is 14.7. The maximum atomic E-state index is 12.5. The molecule has 3 rings (SSSR count). The molecule has 1 amide bonds. The fourth-order valence-electron chi connectivity index (χ4n) is 2.11. The fraction of sp³-hybridized carbons (Fsp3) is 0.0625. The number of amides is 1. The van der Waals surface area contributed by atoms with Crippen molar-refractivity contribution in [3.05, 3.63) is 58.8 Å². The third kappa shape index (κ3) is 2.75. The van der Waals surface area contributed by atoms with Crippen LogP contribution in [0.4, 0.5) is 5.69 Å². The van der Waals surface area contributed by atoms with Gasteiger partial charge in [-0.15, -0.1) is 0 Å². The Hall–Kier alpha value is -2.18. The summed E-state index contributed by atoms with van der Waals surface area (Å²) < 4.78 is 0.485. The molecule has 2 heterocycles. The third-order valence-corrected chi connectivity index (χ3v) is 4.54. The van der Waals surface area contributed by atoms with Gasteiger partial charge in [-0.3, -0.25) is 14.5 Å². The predicted molar refractivity (Wildman–Crippen MR) is 92.9 cm³/mol. The molecule has 0 saturated carbocycles. The van der Waals surface area contributed by atoms with E-state index in [1.807, 2.05) is 12.1 Å². The molecule has 1 N–H and O–H groups in total. The van der Waals surface area contributed by atoms with Gasteiger partial charge in [0.05, 0.1) is 10.6 Å². The summed E-state index contributed by atoms with van der Waals surface area (Å²) in [5, 5.41) is 0. The lowest BCUT2D eigenvalue weighted by atomic mass is 10.1. The number of H-pyrrole nitrogens is 1. The molecule has 22 heavy (non-hydrogen) atoms. The van der Waals surface area contributed by atoms with Crippen LogP contribution in [0.1, 0.15) is 23.0 Å². The van der Waals surface area contributed by atoms with Crippen LogP contribution in [-0.4, -0.2) is 21.0 Å². The number of aromatic nitrogens is 1. The minimum Gasteiger partial charge on any atom is -0.362 e. The highest BCUT2D eigenvalue weighted by atomic mass is 32.2. The van der Waals surface area contributed by atoms with Gasteiger partial charge in [-0.2, -0.15) is 0 Å². The third-order valence-electron chi connectivity index (χ3n) is 3.23. The average molecular weight is 328 g/mol. The molecule has 1 saturated heterocycles. The number of nitrogens with one attached hydrogen (secondary N) is 1. The lowest BCUT2D eigenvalue weighted by Gasteiger charge is -2.14. The summed E-state index contributed by atoms with van der Waals surface area (Å²) in [5.74, 6) is -0.163. The van der Waals surface area contributed by atoms with E-state index in [0.29, 0.717) is 20.5 Å². The second-order valence-corrected chi connectivity index (χ2v) is 6.42. The Labute approximate surface area is 137 Å². The van der Waals surface area contributed by atoms with Crippen LogP contribution in [0.15, 0.2) is 47.5 Å². The maximum Gasteiger partial charge on any atom is 0.270 e. The van der Waals surface area contributed by atoms with Crippen molar-refractivity contribution in [3.8, 4) is 0 Å². The fourth-order valence-corrected chi connectivity index (χ4v) is 3.40. The summed E-state index contributed by atoms with van der Waals surface area (Å²) >= 11 is 6.57. The number of aromatic amines is 1. The number of hydrogen-bond acceptors (Lipinski definition) is 4. The summed E-state index contributed by atoms with van der Waals surface area (Å²) in [6.07, 6.45) is 3.58. The molecule has 6 heteroatoms. The lowest BCUT2D eigenvalue weighted by Crippen LogP contribution is -2.27. The monoisotopic (exact) mass is 328 g/mol. The quantitative estimate of drug-likeness (QED) is 0.531. The summed E-state index contributed by atoms with van der Waals surface area (Å²) in [4.78, 5) is 28.9. The second kappa shape index (κ2) is 5.90. The number of Topliss-reactive ketones (excluding diaryl/α,β-unsaturated/α-hetero) is 1. The van der Waals surface area contributed by atoms with Crippen LogP contribution in [-0.2, 0) is 4.79 Å². The molecular formula is C16H12N2O2S2. The first-order valence-electron chi connectivity index (χ1n) is 6.58. The Morgan fingerprint density at radius 1 is 1.27 bits per heavy atom. The Morgan fingerprint density at radius 2 is 2.00 bits per heavy atom. The van der Waals surface area contributed by atoms with Gasteiger partial charge in [0.1, 0.15) is 0 Å². The van der Waals surface area contributed by atoms with Crippen LogP contribution in [0.5, 0.6) is 0 Å². The van der Waals surface area contributed by atoms with Gasteiger partial charge in [0, 0.05) is 17.5 Å². The largest absolute Gasteiger partial charge is 0.362 e. The van der Waals surface area contributed by atoms with Gasteiger partial charge >= 0.3 is 0 Å². The molecular weight excluding hydrogens is 316 g/mol. The molecule has 0 spiro atoms. The molecule has 1 aromatic carbocycles. The number of anilines is 1. The molecule has 1 aliphatic rings. The SMILES string of the molecule is CC(=O)c1ccc(N2C(=O)/C(=C\c3ccc[nH]3)SC2=S)cc1. The van der Waals surface area contributed by atoms with E-state index < -0.39 is 0 Å². The number of carbonyl (C=O) groups excluding carboxylic acids is 2. The van der Waals surface area contributed by atoms with E-state index in [1.165, 1.54) is 23.6 Å². The lowest BCUT2D eigenvalue weighted by molar-refractivity contribution is -0.113. The normalized spacial score (nSPS) is 16.6. The van der Waals surface area contributed by atoms with Crippen LogP contribution < -0.4 is 4.90 Å². The Bertz CT molecular complexity index is 777. The van der Waals surface area contributed by atoms with E-state index in [9.17, 15) is 9.59 Å². The molecule has 1 aliphatic heterocycles. The van der Waals surface area contributed by atoms with Gasteiger partial charge < -0.3 is 4.98 Å². The minimum atomic E-state index is -0.153. The van der Waals surface area contributed by atoms with Crippen molar-refractivity contribution in [1.29, 1.82) is 0 Å². The van der Waals surface area contributed by atoms with Crippen LogP contribution in [0.3, 0.4) is 0 Å². The Morgan fingerprint density at radius 3 is 2.59 bits per heavy atom. The molecule has 0 aliphatic carbocycles. The maximum absolute atomic E-state index is 12.5. The van der Waals surface area contributed by atoms with Crippen molar-refractivity contribution in [2.45, 2.75) is 6.92 Å². The van der Waals surface area contributed by atoms with E-state index in [1.54, 1.807) is 36.5 Å². The van der Waals surface area contributed by atoms with Gasteiger partial charge in [-0.1, -0.05) is 24.0 Å². The minimum absolute atomic E-state index is 0.0106. The molecule has 1 aromatic heterocycles. The zero-order chi connectivity index (χ0) is 15.7. The van der Waals surface area contributed by atoms with Crippen molar-refractivity contribution >= 4 is 51.8 Å². The zero-order valence-corrected chi connectivity index (χ0v) is 13.3. The molecule has 0 atom stereocenters. The molecule has 110 valence electrons. The number of thiocarbonyl (C=S) groups is 1. The first-order chi connectivity index (χ1) is 10.6. The number of ketones is 1. The van der Waals surface area contributed by atoms with Gasteiger partial charge in [0.25, 0.3) is 5.91 Å². The van der Waals surface area contributed by atoms with E-state index >= 15 is 0 Å². The highest BCUT2D eigenvalue weighted by Gasteiger charge is 2.33. The molecule has 4 nitrogen and oxygen atoms in total. The van der Waals surface area contributed by atoms with Gasteiger partial charge in [-0.05, 0) is 49.4 Å². The van der Waals surface area contributed by atoms with Crippen molar-refractivity contribution in [2.24, 2.45) is 0 Å². The highest BCUT2D eigenvalue weighted by Crippen LogP contribution is 2.35. The molecule has 2 aromatic rings. The summed E-state index contributed by atoms with van der Waals surface area (Å²) in [7, 11) is 0. The van der Waals surface area contributed by atoms with Crippen LogP contribution in [0.25, 0.3) is 6.08 Å². The van der Waals surface area contributed by atoms with Crippen LogP contribution in [0, 0.1) is 0 Å². The number of rotatable bonds is 3. The van der Waals surface area contributed by atoms with Gasteiger partial charge in [-0.25, -0.2) is 0 Å². The van der Waals surface area contributed by atoms with E-state index in [0.717, 1.165) is 5.69 Å². The van der Waals surface area contributed by atoms with E-state index in [4.69, 9.17) is 12.2 Å². The molecule has 0 radical (unpaired) electrons. The molecule has 0 bridgehead atoms. The standard InChI is InChI=1S/C16H12N2O2S2/c1-10(19)11-4-6-13(7-5-11)18-15(20)14(22-16(18)21)9-12-3-2-8-17-12/h2-9,17H,1H3/b14-9+. The highest BCUT2D eigenvalue weighted by molar-refractivity contribution is 8.27. The molecule has 1 fully saturated rings. The van der Waals surface area contributed by atoms with Crippen molar-refractivity contribution in [1.82, 2.24) is 4.98 Å². The number of nitrogens with zero attached hydrogens (tertiary/aromatic N) is 1. The summed E-state index contributed by atoms with van der Waals surface area (Å²) in [5.41, 5.74) is 2.13. The molecule has 0 unspecified atom stereocenters. The second-order valence-electron chi connectivity index (χ2n) is 4.75. The predicted octanol–water partition coefficient (Wildman–Crippen LogP) is 3.62. The average Bonchev–Trinajstić information content (AvgIpc) is 3.09. The van der Waals surface area contributed by atoms with E-state index in [-0.39, 0.29) is 11.7 Å². The Kier molecular flexibility index (Phi) is 3.96. The summed E-state index contributed by atoms with van der Waals surface area (Å²) in [6.45, 7) is 1.51. The topological polar surface area (TPSA) is 53.2 Å². The number of thioether (sulfide) groups is 1. The first-order valence-corrected chi connectivity index (χ1v) is 7.81. The van der Waals surface area contributed by atoms with E-state index in [2.05, 4.69) is 4.98 Å². The van der Waals surface area contributed by atoms with Crippen LogP contribution in [0.2, 0.25) is 0 Å². The van der Waals surface area contributed by atoms with Crippen molar-refractivity contribution in [2.75, 3.05) is 4.90 Å². The smallest absolute Gasteiger partial charge is 0.270 e. The van der Waals surface area contributed by atoms with Crippen molar-refractivity contribution in [3.63, 3.8) is 0 Å². The number of benzene rings is 1. The summed E-state index contributed by atoms with van der Waals surface area (Å²) in [6, 6.07) is 10.6. The van der Waals surface area contributed by atoms with Gasteiger partial charge in [0.15, 0.2) is 10.1 Å². The Balaban J connectivity index is 1.90. The number of hydrogen-bond donors (Lipinski definition) is 1.